The summed E-state index contributed by atoms with van der Waals surface area (Å²) in [5, 5.41) is 0. The first kappa shape index (κ1) is 9.59. The molecule has 0 spiro atoms. The van der Waals surface area contributed by atoms with Gasteiger partial charge in [-0.1, -0.05) is 0 Å². The van der Waals surface area contributed by atoms with Crippen LogP contribution in [0.25, 0.3) is 0 Å². The number of nitrogens with zero attached hydrogens (tertiary/aromatic N) is 1. The van der Waals surface area contributed by atoms with Crippen LogP contribution in [0.5, 0.6) is 0 Å². The lowest BCUT2D eigenvalue weighted by atomic mass is 10.2. The van der Waals surface area contributed by atoms with Crippen LogP contribution in [0.1, 0.15) is 25.5 Å². The average molecular weight is 194 g/mol. The summed E-state index contributed by atoms with van der Waals surface area (Å²) in [5.41, 5.74) is 5.71. The largest absolute Gasteiger partial charge is 0.446 e. The quantitative estimate of drug-likeness (QED) is 0.797. The van der Waals surface area contributed by atoms with Crippen LogP contribution in [-0.4, -0.2) is 19.1 Å². The highest BCUT2D eigenvalue weighted by Crippen LogP contribution is 2.23. The maximum absolute atomic E-state index is 5.72. The summed E-state index contributed by atoms with van der Waals surface area (Å²) in [6, 6.07) is 4.27. The molecule has 1 saturated heterocycles. The number of furan rings is 1. The first-order valence-electron chi connectivity index (χ1n) is 5.35. The number of anilines is 1. The molecule has 1 unspecified atom stereocenters. The summed E-state index contributed by atoms with van der Waals surface area (Å²) in [6.07, 6.45) is 3.39. The van der Waals surface area contributed by atoms with Crippen LogP contribution in [0.4, 0.5) is 5.88 Å². The molecule has 1 fully saturated rings. The summed E-state index contributed by atoms with van der Waals surface area (Å²) in [5.74, 6) is 2.01. The van der Waals surface area contributed by atoms with E-state index in [2.05, 4.69) is 11.0 Å². The second-order valence-electron chi connectivity index (χ2n) is 4.12. The van der Waals surface area contributed by atoms with Crippen LogP contribution in [-0.2, 0) is 6.42 Å². The standard InChI is InChI=1S/C11H18N2O/c1-9(12)8-10-4-5-11(14-10)13-6-2-3-7-13/h4-5,9H,2-3,6-8,12H2,1H3. The third-order valence-electron chi connectivity index (χ3n) is 2.59. The van der Waals surface area contributed by atoms with Gasteiger partial charge in [-0.05, 0) is 25.8 Å². The minimum Gasteiger partial charge on any atom is -0.446 e. The third-order valence-corrected chi connectivity index (χ3v) is 2.59. The predicted octanol–water partition coefficient (Wildman–Crippen LogP) is 1.77. The second kappa shape index (κ2) is 4.05. The van der Waals surface area contributed by atoms with Gasteiger partial charge < -0.3 is 15.1 Å². The zero-order chi connectivity index (χ0) is 9.97. The number of hydrogen-bond acceptors (Lipinski definition) is 3. The fourth-order valence-electron chi connectivity index (χ4n) is 1.90. The maximum Gasteiger partial charge on any atom is 0.195 e. The smallest absolute Gasteiger partial charge is 0.195 e. The Kier molecular flexibility index (Phi) is 2.77. The van der Waals surface area contributed by atoms with E-state index >= 15 is 0 Å². The molecule has 1 aliphatic rings. The zero-order valence-corrected chi connectivity index (χ0v) is 8.70. The van der Waals surface area contributed by atoms with E-state index in [1.807, 2.05) is 13.0 Å². The van der Waals surface area contributed by atoms with E-state index in [4.69, 9.17) is 10.2 Å². The molecule has 1 aromatic heterocycles. The summed E-state index contributed by atoms with van der Waals surface area (Å²) in [4.78, 5) is 2.30. The fraction of sp³-hybridized carbons (Fsp3) is 0.636. The molecule has 2 N–H and O–H groups in total. The molecule has 14 heavy (non-hydrogen) atoms. The first-order valence-corrected chi connectivity index (χ1v) is 5.35. The van der Waals surface area contributed by atoms with Crippen molar-refractivity contribution < 1.29 is 4.42 Å². The SMILES string of the molecule is CC(N)Cc1ccc(N2CCCC2)o1. The van der Waals surface area contributed by atoms with Crippen LogP contribution >= 0.6 is 0 Å². The summed E-state index contributed by atoms with van der Waals surface area (Å²) in [7, 11) is 0. The second-order valence-corrected chi connectivity index (χ2v) is 4.12. The van der Waals surface area contributed by atoms with Gasteiger partial charge in [-0.15, -0.1) is 0 Å². The van der Waals surface area contributed by atoms with Gasteiger partial charge in [0.15, 0.2) is 5.88 Å². The summed E-state index contributed by atoms with van der Waals surface area (Å²) < 4.78 is 5.72. The van der Waals surface area contributed by atoms with Gasteiger partial charge in [0.25, 0.3) is 0 Å². The van der Waals surface area contributed by atoms with Gasteiger partial charge in [-0.25, -0.2) is 0 Å². The van der Waals surface area contributed by atoms with E-state index < -0.39 is 0 Å². The topological polar surface area (TPSA) is 42.4 Å². The van der Waals surface area contributed by atoms with Crippen molar-refractivity contribution in [3.05, 3.63) is 17.9 Å². The van der Waals surface area contributed by atoms with E-state index in [1.165, 1.54) is 12.8 Å². The highest BCUT2D eigenvalue weighted by Gasteiger charge is 2.15. The van der Waals surface area contributed by atoms with Crippen LogP contribution in [0.3, 0.4) is 0 Å². The summed E-state index contributed by atoms with van der Waals surface area (Å²) >= 11 is 0. The lowest BCUT2D eigenvalue weighted by Crippen LogP contribution is -2.18. The molecule has 0 aromatic carbocycles. The van der Waals surface area contributed by atoms with E-state index in [0.717, 1.165) is 31.2 Å². The molecule has 0 aliphatic carbocycles. The maximum atomic E-state index is 5.72. The molecular weight excluding hydrogens is 176 g/mol. The Morgan fingerprint density at radius 1 is 1.43 bits per heavy atom. The summed E-state index contributed by atoms with van der Waals surface area (Å²) in [6.45, 7) is 4.26. The van der Waals surface area contributed by atoms with Gasteiger partial charge in [-0.3, -0.25) is 0 Å². The number of rotatable bonds is 3. The molecule has 0 radical (unpaired) electrons. The van der Waals surface area contributed by atoms with E-state index in [1.54, 1.807) is 0 Å². The highest BCUT2D eigenvalue weighted by molar-refractivity contribution is 5.37. The molecule has 2 heterocycles. The number of nitrogens with two attached hydrogens (primary N) is 1. The van der Waals surface area contributed by atoms with E-state index in [0.29, 0.717) is 0 Å². The first-order chi connectivity index (χ1) is 6.75. The van der Waals surface area contributed by atoms with Crippen molar-refractivity contribution >= 4 is 5.88 Å². The minimum atomic E-state index is 0.174. The van der Waals surface area contributed by atoms with Gasteiger partial charge >= 0.3 is 0 Å². The van der Waals surface area contributed by atoms with Gasteiger partial charge in [0.05, 0.1) is 0 Å². The minimum absolute atomic E-state index is 0.174. The molecule has 2 rings (SSSR count). The number of hydrogen-bond donors (Lipinski definition) is 1. The van der Waals surface area contributed by atoms with Crippen LogP contribution in [0.2, 0.25) is 0 Å². The molecule has 0 bridgehead atoms. The van der Waals surface area contributed by atoms with E-state index in [9.17, 15) is 0 Å². The van der Waals surface area contributed by atoms with Gasteiger partial charge in [-0.2, -0.15) is 0 Å². The normalized spacial score (nSPS) is 18.9. The molecular formula is C11H18N2O. The molecule has 1 atom stereocenters. The van der Waals surface area contributed by atoms with Crippen LogP contribution in [0, 0.1) is 0 Å². The monoisotopic (exact) mass is 194 g/mol. The van der Waals surface area contributed by atoms with Crippen molar-refractivity contribution in [2.24, 2.45) is 5.73 Å². The molecule has 0 saturated carbocycles. The van der Waals surface area contributed by atoms with Gasteiger partial charge in [0.1, 0.15) is 5.76 Å². The average Bonchev–Trinajstić information content (AvgIpc) is 2.69. The third kappa shape index (κ3) is 2.10. The van der Waals surface area contributed by atoms with Crippen molar-refractivity contribution in [3.8, 4) is 0 Å². The Hall–Kier alpha value is -0.960. The molecule has 3 nitrogen and oxygen atoms in total. The van der Waals surface area contributed by atoms with Crippen molar-refractivity contribution in [2.75, 3.05) is 18.0 Å². The Labute approximate surface area is 84.9 Å². The Morgan fingerprint density at radius 2 is 2.14 bits per heavy atom. The Bertz CT molecular complexity index is 287. The lowest BCUT2D eigenvalue weighted by molar-refractivity contribution is 0.489. The Balaban J connectivity index is 2.01. The van der Waals surface area contributed by atoms with Crippen LogP contribution < -0.4 is 10.6 Å². The predicted molar refractivity (Wildman–Crippen MR) is 57.5 cm³/mol. The molecule has 1 aromatic rings. The van der Waals surface area contributed by atoms with Gasteiger partial charge in [0, 0.05) is 31.6 Å². The van der Waals surface area contributed by atoms with Crippen molar-refractivity contribution in [1.29, 1.82) is 0 Å². The zero-order valence-electron chi connectivity index (χ0n) is 8.70. The lowest BCUT2D eigenvalue weighted by Gasteiger charge is -2.12. The molecule has 78 valence electrons. The van der Waals surface area contributed by atoms with E-state index in [-0.39, 0.29) is 6.04 Å². The highest BCUT2D eigenvalue weighted by atomic mass is 16.4. The van der Waals surface area contributed by atoms with Crippen molar-refractivity contribution in [3.63, 3.8) is 0 Å². The Morgan fingerprint density at radius 3 is 2.79 bits per heavy atom. The fourth-order valence-corrected chi connectivity index (χ4v) is 1.90. The molecule has 1 aliphatic heterocycles. The van der Waals surface area contributed by atoms with Crippen LogP contribution in [0.15, 0.2) is 16.5 Å². The molecule has 3 heteroatoms. The van der Waals surface area contributed by atoms with Gasteiger partial charge in [0.2, 0.25) is 0 Å². The van der Waals surface area contributed by atoms with Crippen molar-refractivity contribution in [1.82, 2.24) is 0 Å². The molecule has 0 amide bonds. The van der Waals surface area contributed by atoms with Crippen molar-refractivity contribution in [2.45, 2.75) is 32.2 Å².